The highest BCUT2D eigenvalue weighted by atomic mass is 32.2. The molecule has 0 saturated carbocycles. The van der Waals surface area contributed by atoms with E-state index in [1.807, 2.05) is 0 Å². The van der Waals surface area contributed by atoms with Crippen molar-refractivity contribution in [2.75, 3.05) is 20.5 Å². The molecule has 0 fully saturated rings. The average molecular weight is 439 g/mol. The van der Waals surface area contributed by atoms with E-state index in [1.54, 1.807) is 12.1 Å². The highest BCUT2D eigenvalue weighted by molar-refractivity contribution is 7.90. The molecule has 0 unspecified atom stereocenters. The van der Waals surface area contributed by atoms with E-state index in [2.05, 4.69) is 21.5 Å². The van der Waals surface area contributed by atoms with Gasteiger partial charge in [0.2, 0.25) is 15.0 Å². The Morgan fingerprint density at radius 3 is 2.52 bits per heavy atom. The van der Waals surface area contributed by atoms with Crippen molar-refractivity contribution in [3.8, 4) is 5.82 Å². The molecule has 0 radical (unpaired) electrons. The highest BCUT2D eigenvalue weighted by Crippen LogP contribution is 2.44. The monoisotopic (exact) mass is 439 g/mol. The Morgan fingerprint density at radius 2 is 1.93 bits per heavy atom. The first-order valence-corrected chi connectivity index (χ1v) is 11.6. The van der Waals surface area contributed by atoms with Gasteiger partial charge in [0, 0.05) is 26.7 Å². The minimum atomic E-state index is -3.72. The van der Waals surface area contributed by atoms with Gasteiger partial charge >= 0.3 is 7.60 Å². The number of hydrogen-bond acceptors (Lipinski definition) is 9. The van der Waals surface area contributed by atoms with Gasteiger partial charge in [-0.1, -0.05) is 12.1 Å². The van der Waals surface area contributed by atoms with Gasteiger partial charge in [0.25, 0.3) is 5.56 Å². The lowest BCUT2D eigenvalue weighted by molar-refractivity contribution is 0.286. The van der Waals surface area contributed by atoms with Gasteiger partial charge in [-0.3, -0.25) is 9.36 Å². The van der Waals surface area contributed by atoms with Gasteiger partial charge in [-0.15, -0.1) is 6.58 Å². The van der Waals surface area contributed by atoms with Crippen molar-refractivity contribution in [1.29, 1.82) is 0 Å². The molecule has 3 rings (SSSR count). The minimum absolute atomic E-state index is 0.0110. The van der Waals surface area contributed by atoms with Crippen molar-refractivity contribution in [2.45, 2.75) is 11.7 Å². The minimum Gasteiger partial charge on any atom is -0.308 e. The first-order chi connectivity index (χ1) is 13.7. The Hall–Kier alpha value is -2.66. The zero-order valence-electron chi connectivity index (χ0n) is 15.8. The van der Waals surface area contributed by atoms with Crippen molar-refractivity contribution in [3.05, 3.63) is 47.4 Å². The summed E-state index contributed by atoms with van der Waals surface area (Å²) in [5.41, 5.74) is -0.424. The van der Waals surface area contributed by atoms with Crippen LogP contribution in [-0.2, 0) is 30.0 Å². The molecule has 11 nitrogen and oxygen atoms in total. The third-order valence-electron chi connectivity index (χ3n) is 3.99. The van der Waals surface area contributed by atoms with Crippen molar-refractivity contribution in [3.63, 3.8) is 0 Å². The van der Waals surface area contributed by atoms with E-state index >= 15 is 0 Å². The van der Waals surface area contributed by atoms with Crippen LogP contribution >= 0.6 is 7.60 Å². The molecule has 3 aromatic rings. The van der Waals surface area contributed by atoms with E-state index in [4.69, 9.17) is 9.05 Å². The third kappa shape index (κ3) is 3.67. The number of fused-ring (bicyclic) bond motifs is 1. The van der Waals surface area contributed by atoms with E-state index in [0.717, 1.165) is 12.5 Å². The normalized spacial score (nSPS) is 12.4. The first kappa shape index (κ1) is 21.1. The average Bonchev–Trinajstić information content (AvgIpc) is 2.98. The molecule has 3 aromatic heterocycles. The first-order valence-electron chi connectivity index (χ1n) is 8.15. The summed E-state index contributed by atoms with van der Waals surface area (Å²) in [7, 11) is -4.93. The molecule has 0 aliphatic carbocycles. The summed E-state index contributed by atoms with van der Waals surface area (Å²) in [4.78, 5) is 24.9. The van der Waals surface area contributed by atoms with Crippen molar-refractivity contribution >= 4 is 33.9 Å². The van der Waals surface area contributed by atoms with Gasteiger partial charge in [-0.05, 0) is 12.1 Å². The van der Waals surface area contributed by atoms with Gasteiger partial charge < -0.3 is 9.05 Å². The summed E-state index contributed by atoms with van der Waals surface area (Å²) in [6.45, 7) is 3.72. The van der Waals surface area contributed by atoms with Crippen LogP contribution in [0.25, 0.3) is 16.9 Å². The Morgan fingerprint density at radius 1 is 1.24 bits per heavy atom. The summed E-state index contributed by atoms with van der Waals surface area (Å²) in [6, 6.07) is 4.55. The molecule has 0 atom stereocenters. The zero-order valence-corrected chi connectivity index (χ0v) is 17.6. The lowest BCUT2D eigenvalue weighted by atomic mass is 10.4. The summed E-state index contributed by atoms with van der Waals surface area (Å²) < 4.78 is 49.0. The van der Waals surface area contributed by atoms with E-state index in [9.17, 15) is 17.8 Å². The maximum absolute atomic E-state index is 12.8. The van der Waals surface area contributed by atoms with Gasteiger partial charge in [-0.2, -0.15) is 4.98 Å². The van der Waals surface area contributed by atoms with Crippen LogP contribution in [0.1, 0.15) is 0 Å². The Balaban J connectivity index is 2.39. The lowest BCUT2D eigenvalue weighted by Crippen LogP contribution is -2.24. The SMILES string of the molecule is C=CCn1c(=O)c2cnc(S(C)(=O)=O)nc2n1-c1cccc(P(=O)(OC)OC)n1. The van der Waals surface area contributed by atoms with E-state index in [0.29, 0.717) is 0 Å². The van der Waals surface area contributed by atoms with Gasteiger partial charge in [0.15, 0.2) is 16.9 Å². The summed E-state index contributed by atoms with van der Waals surface area (Å²) >= 11 is 0. The predicted octanol–water partition coefficient (Wildman–Crippen LogP) is 0.678. The zero-order chi connectivity index (χ0) is 21.4. The molecule has 0 saturated heterocycles. The maximum atomic E-state index is 12.8. The molecule has 0 spiro atoms. The number of hydrogen-bond donors (Lipinski definition) is 0. The van der Waals surface area contributed by atoms with Crippen molar-refractivity contribution in [2.24, 2.45) is 0 Å². The van der Waals surface area contributed by atoms with E-state index in [-0.39, 0.29) is 28.8 Å². The van der Waals surface area contributed by atoms with Crippen molar-refractivity contribution in [1.82, 2.24) is 24.3 Å². The van der Waals surface area contributed by atoms with Crippen LogP contribution in [0.3, 0.4) is 0 Å². The van der Waals surface area contributed by atoms with E-state index < -0.39 is 28.1 Å². The number of nitrogens with zero attached hydrogens (tertiary/aromatic N) is 5. The number of rotatable bonds is 7. The molecule has 0 N–H and O–H groups in total. The second-order valence-electron chi connectivity index (χ2n) is 5.87. The molecule has 154 valence electrons. The second-order valence-corrected chi connectivity index (χ2v) is 9.96. The van der Waals surface area contributed by atoms with Crippen LogP contribution < -0.4 is 11.0 Å². The molecule has 0 amide bonds. The topological polar surface area (TPSA) is 135 Å². The van der Waals surface area contributed by atoms with Crippen LogP contribution in [0.2, 0.25) is 0 Å². The van der Waals surface area contributed by atoms with Crippen LogP contribution in [0, 0.1) is 0 Å². The van der Waals surface area contributed by atoms with Crippen LogP contribution in [0.15, 0.2) is 47.0 Å². The summed E-state index contributed by atoms with van der Waals surface area (Å²) in [5.74, 6) is 0.156. The van der Waals surface area contributed by atoms with Crippen LogP contribution in [0.5, 0.6) is 0 Å². The highest BCUT2D eigenvalue weighted by Gasteiger charge is 2.28. The molecule has 29 heavy (non-hydrogen) atoms. The molecule has 3 heterocycles. The van der Waals surface area contributed by atoms with Gasteiger partial charge in [0.05, 0.1) is 6.54 Å². The largest absolute Gasteiger partial charge is 0.379 e. The summed E-state index contributed by atoms with van der Waals surface area (Å²) in [6.07, 6.45) is 3.60. The second kappa shape index (κ2) is 7.64. The summed E-state index contributed by atoms with van der Waals surface area (Å²) in [5, 5.41) is -0.349. The molecule has 0 bridgehead atoms. The molecule has 0 aliphatic rings. The Kier molecular flexibility index (Phi) is 5.54. The standard InChI is InChI=1S/C16H18N5O6PS/c1-5-9-20-15(22)11-10-17-16(29(4,24)25)19-14(11)21(20)12-7-6-8-13(18-12)28(23,26-2)27-3/h5-8,10H,1,9H2,2-4H3. The van der Waals surface area contributed by atoms with Gasteiger partial charge in [-0.25, -0.2) is 27.7 Å². The van der Waals surface area contributed by atoms with Crippen molar-refractivity contribution < 1.29 is 22.0 Å². The number of allylic oxidation sites excluding steroid dienone is 1. The fourth-order valence-electron chi connectivity index (χ4n) is 2.66. The van der Waals surface area contributed by atoms with E-state index in [1.165, 1.54) is 35.7 Å². The molecular weight excluding hydrogens is 421 g/mol. The van der Waals surface area contributed by atoms with Gasteiger partial charge in [0.1, 0.15) is 5.39 Å². The Bertz CT molecular complexity index is 1310. The maximum Gasteiger partial charge on any atom is 0.379 e. The fourth-order valence-corrected chi connectivity index (χ4v) is 4.17. The Labute approximate surface area is 166 Å². The third-order valence-corrected chi connectivity index (χ3v) is 6.62. The number of aromatic nitrogens is 5. The molecule has 0 aromatic carbocycles. The molecule has 13 heteroatoms. The lowest BCUT2D eigenvalue weighted by Gasteiger charge is -2.15. The van der Waals surface area contributed by atoms with Crippen LogP contribution in [-0.4, -0.2) is 53.2 Å². The number of sulfone groups is 1. The quantitative estimate of drug-likeness (QED) is 0.296. The smallest absolute Gasteiger partial charge is 0.308 e. The molecule has 0 aliphatic heterocycles. The number of pyridine rings is 1. The van der Waals surface area contributed by atoms with Crippen LogP contribution in [0.4, 0.5) is 0 Å². The fraction of sp³-hybridized carbons (Fsp3) is 0.250. The molecular formula is C16H18N5O6PS. The predicted molar refractivity (Wildman–Crippen MR) is 105 cm³/mol.